The highest BCUT2D eigenvalue weighted by atomic mass is 16.2. The molecule has 0 unspecified atom stereocenters. The lowest BCUT2D eigenvalue weighted by molar-refractivity contribution is -0.116. The summed E-state index contributed by atoms with van der Waals surface area (Å²) >= 11 is 0. The van der Waals surface area contributed by atoms with Crippen LogP contribution in [0.2, 0.25) is 0 Å². The summed E-state index contributed by atoms with van der Waals surface area (Å²) in [6.45, 7) is 0.617. The third kappa shape index (κ3) is 4.00. The van der Waals surface area contributed by atoms with E-state index in [4.69, 9.17) is 5.73 Å². The molecule has 32 heavy (non-hydrogen) atoms. The van der Waals surface area contributed by atoms with Crippen molar-refractivity contribution in [3.8, 4) is 0 Å². The standard InChI is InChI=1S/C23H31N7O2/c1-28(2)23(17-7-5-4-6-8-17)11-9-22(10-12-23)16-30(21(32)27-22)18-13-25-20(26-14-18)29(3)15-19(24)31/h4-8,13-14H,9-12,15-16H2,1-3H3,(H2,24,31)(H,27,32). The van der Waals surface area contributed by atoms with Crippen molar-refractivity contribution in [1.82, 2.24) is 20.2 Å². The fraction of sp³-hybridized carbons (Fsp3) is 0.478. The first-order chi connectivity index (χ1) is 15.2. The van der Waals surface area contributed by atoms with E-state index >= 15 is 0 Å². The minimum atomic E-state index is -0.456. The normalized spacial score (nSPS) is 25.2. The first-order valence-electron chi connectivity index (χ1n) is 10.9. The number of carbonyl (C=O) groups excluding carboxylic acids is 2. The van der Waals surface area contributed by atoms with E-state index in [1.807, 2.05) is 6.07 Å². The summed E-state index contributed by atoms with van der Waals surface area (Å²) in [5, 5.41) is 3.25. The number of nitrogens with zero attached hydrogens (tertiary/aromatic N) is 5. The first-order valence-corrected chi connectivity index (χ1v) is 10.9. The number of likely N-dealkylation sites (N-methyl/N-ethyl adjacent to an activating group) is 1. The van der Waals surface area contributed by atoms with Crippen molar-refractivity contribution >= 4 is 23.6 Å². The van der Waals surface area contributed by atoms with Gasteiger partial charge in [-0.1, -0.05) is 30.3 Å². The summed E-state index contributed by atoms with van der Waals surface area (Å²) in [6.07, 6.45) is 6.95. The molecule has 0 atom stereocenters. The molecular weight excluding hydrogens is 406 g/mol. The molecular formula is C23H31N7O2. The zero-order chi connectivity index (χ0) is 22.9. The van der Waals surface area contributed by atoms with Crippen LogP contribution in [0, 0.1) is 0 Å². The van der Waals surface area contributed by atoms with Crippen LogP contribution in [0.15, 0.2) is 42.7 Å². The Morgan fingerprint density at radius 1 is 1.09 bits per heavy atom. The number of primary amides is 1. The summed E-state index contributed by atoms with van der Waals surface area (Å²) in [7, 11) is 5.97. The van der Waals surface area contributed by atoms with E-state index in [-0.39, 0.29) is 23.7 Å². The van der Waals surface area contributed by atoms with Gasteiger partial charge in [-0.25, -0.2) is 14.8 Å². The van der Waals surface area contributed by atoms with E-state index in [1.165, 1.54) is 5.56 Å². The van der Waals surface area contributed by atoms with Crippen LogP contribution in [0.5, 0.6) is 0 Å². The first kappa shape index (κ1) is 22.0. The molecule has 1 aromatic carbocycles. The Kier molecular flexibility index (Phi) is 5.77. The number of nitrogens with one attached hydrogen (secondary N) is 1. The van der Waals surface area contributed by atoms with Gasteiger partial charge >= 0.3 is 6.03 Å². The van der Waals surface area contributed by atoms with Crippen molar-refractivity contribution in [1.29, 1.82) is 0 Å². The Labute approximate surface area is 188 Å². The Hall–Kier alpha value is -3.20. The molecule has 1 saturated heterocycles. The van der Waals surface area contributed by atoms with Gasteiger partial charge in [0.05, 0.1) is 36.7 Å². The second-order valence-corrected chi connectivity index (χ2v) is 9.15. The topological polar surface area (TPSA) is 108 Å². The van der Waals surface area contributed by atoms with E-state index in [1.54, 1.807) is 29.2 Å². The van der Waals surface area contributed by atoms with Crippen molar-refractivity contribution in [2.45, 2.75) is 36.8 Å². The van der Waals surface area contributed by atoms with E-state index < -0.39 is 5.91 Å². The highest BCUT2D eigenvalue weighted by molar-refractivity contribution is 5.95. The summed E-state index contributed by atoms with van der Waals surface area (Å²) < 4.78 is 0. The van der Waals surface area contributed by atoms with Crippen LogP contribution < -0.4 is 20.9 Å². The Bertz CT molecular complexity index is 970. The number of nitrogens with two attached hydrogens (primary N) is 1. The third-order valence-corrected chi connectivity index (χ3v) is 6.95. The highest BCUT2D eigenvalue weighted by Crippen LogP contribution is 2.46. The Balaban J connectivity index is 1.48. The van der Waals surface area contributed by atoms with Crippen molar-refractivity contribution in [3.05, 3.63) is 48.3 Å². The fourth-order valence-electron chi connectivity index (χ4n) is 5.04. The molecule has 4 rings (SSSR count). The number of hydrogen-bond acceptors (Lipinski definition) is 6. The predicted octanol–water partition coefficient (Wildman–Crippen LogP) is 1.70. The minimum Gasteiger partial charge on any atom is -0.368 e. The number of rotatable bonds is 6. The van der Waals surface area contributed by atoms with Crippen LogP contribution in [0.3, 0.4) is 0 Å². The molecule has 9 heteroatoms. The van der Waals surface area contributed by atoms with Gasteiger partial charge in [0, 0.05) is 12.6 Å². The van der Waals surface area contributed by atoms with Crippen molar-refractivity contribution < 1.29 is 9.59 Å². The van der Waals surface area contributed by atoms with Crippen molar-refractivity contribution in [2.24, 2.45) is 5.73 Å². The average Bonchev–Trinajstić information content (AvgIpc) is 3.10. The van der Waals surface area contributed by atoms with E-state index in [0.717, 1.165) is 25.7 Å². The molecule has 1 aliphatic carbocycles. The quantitative estimate of drug-likeness (QED) is 0.712. The average molecular weight is 438 g/mol. The van der Waals surface area contributed by atoms with Gasteiger partial charge in [-0.3, -0.25) is 14.6 Å². The molecule has 1 saturated carbocycles. The summed E-state index contributed by atoms with van der Waals surface area (Å²) in [5.41, 5.74) is 6.91. The van der Waals surface area contributed by atoms with Gasteiger partial charge in [-0.05, 0) is 45.3 Å². The zero-order valence-corrected chi connectivity index (χ0v) is 18.9. The molecule has 3 amide bonds. The molecule has 2 aromatic rings. The number of benzene rings is 1. The lowest BCUT2D eigenvalue weighted by atomic mass is 9.69. The number of hydrogen-bond donors (Lipinski definition) is 2. The molecule has 0 bridgehead atoms. The molecule has 2 aliphatic rings. The van der Waals surface area contributed by atoms with Gasteiger partial charge in [0.1, 0.15) is 0 Å². The van der Waals surface area contributed by atoms with Gasteiger partial charge in [0.15, 0.2) is 0 Å². The lowest BCUT2D eigenvalue weighted by Crippen LogP contribution is -2.54. The van der Waals surface area contributed by atoms with Crippen LogP contribution in [-0.4, -0.2) is 66.6 Å². The Morgan fingerprint density at radius 2 is 1.72 bits per heavy atom. The van der Waals surface area contributed by atoms with Crippen LogP contribution in [0.1, 0.15) is 31.2 Å². The van der Waals surface area contributed by atoms with Crippen molar-refractivity contribution in [2.75, 3.05) is 44.0 Å². The second kappa shape index (κ2) is 8.38. The second-order valence-electron chi connectivity index (χ2n) is 9.15. The number of urea groups is 1. The third-order valence-electron chi connectivity index (χ3n) is 6.95. The van der Waals surface area contributed by atoms with Crippen LogP contribution in [0.25, 0.3) is 0 Å². The molecule has 9 nitrogen and oxygen atoms in total. The molecule has 0 radical (unpaired) electrons. The van der Waals surface area contributed by atoms with Crippen LogP contribution in [0.4, 0.5) is 16.4 Å². The minimum absolute atomic E-state index is 0.0274. The van der Waals surface area contributed by atoms with Crippen LogP contribution >= 0.6 is 0 Å². The SMILES string of the molecule is CN(CC(N)=O)c1ncc(N2CC3(CCC(c4ccccc4)(N(C)C)CC3)NC2=O)cn1. The molecule has 170 valence electrons. The monoisotopic (exact) mass is 437 g/mol. The van der Waals surface area contributed by atoms with E-state index in [9.17, 15) is 9.59 Å². The van der Waals surface area contributed by atoms with Gasteiger partial charge in [0.2, 0.25) is 11.9 Å². The maximum absolute atomic E-state index is 12.9. The maximum atomic E-state index is 12.9. The summed E-state index contributed by atoms with van der Waals surface area (Å²) in [4.78, 5) is 38.2. The smallest absolute Gasteiger partial charge is 0.322 e. The highest BCUT2D eigenvalue weighted by Gasteiger charge is 2.50. The van der Waals surface area contributed by atoms with Crippen molar-refractivity contribution in [3.63, 3.8) is 0 Å². The van der Waals surface area contributed by atoms with Crippen LogP contribution in [-0.2, 0) is 10.3 Å². The Morgan fingerprint density at radius 3 is 2.28 bits per heavy atom. The van der Waals surface area contributed by atoms with E-state index in [2.05, 4.69) is 58.5 Å². The van der Waals surface area contributed by atoms with Gasteiger partial charge < -0.3 is 16.0 Å². The number of aromatic nitrogens is 2. The zero-order valence-electron chi connectivity index (χ0n) is 18.9. The van der Waals surface area contributed by atoms with Gasteiger partial charge in [-0.2, -0.15) is 0 Å². The van der Waals surface area contributed by atoms with E-state index in [0.29, 0.717) is 18.2 Å². The predicted molar refractivity (Wildman–Crippen MR) is 123 cm³/mol. The molecule has 1 aromatic heterocycles. The molecule has 1 aliphatic heterocycles. The summed E-state index contributed by atoms with van der Waals surface area (Å²) in [5.74, 6) is -0.0687. The molecule has 2 fully saturated rings. The number of amides is 3. The summed E-state index contributed by atoms with van der Waals surface area (Å²) in [6, 6.07) is 10.5. The largest absolute Gasteiger partial charge is 0.368 e. The maximum Gasteiger partial charge on any atom is 0.322 e. The molecule has 2 heterocycles. The molecule has 1 spiro atoms. The number of anilines is 2. The van der Waals surface area contributed by atoms with Gasteiger partial charge in [-0.15, -0.1) is 0 Å². The van der Waals surface area contributed by atoms with Gasteiger partial charge in [0.25, 0.3) is 0 Å². The molecule has 3 N–H and O–H groups in total. The lowest BCUT2D eigenvalue weighted by Gasteiger charge is -2.48. The number of carbonyl (C=O) groups is 2. The fourth-order valence-corrected chi connectivity index (χ4v) is 5.04.